The van der Waals surface area contributed by atoms with Crippen molar-refractivity contribution in [3.63, 3.8) is 0 Å². The Morgan fingerprint density at radius 2 is 1.45 bits per heavy atom. The van der Waals surface area contributed by atoms with Crippen LogP contribution in [0.3, 0.4) is 0 Å². The molecule has 1 aliphatic rings. The minimum absolute atomic E-state index is 0.254. The lowest BCUT2D eigenvalue weighted by Crippen LogP contribution is -2.30. The van der Waals surface area contributed by atoms with Crippen molar-refractivity contribution < 1.29 is 0 Å². The molecule has 1 nitrogen and oxygen atoms in total. The summed E-state index contributed by atoms with van der Waals surface area (Å²) in [5.41, 5.74) is 2.59. The van der Waals surface area contributed by atoms with Crippen molar-refractivity contribution in [3.8, 4) is 0 Å². The Morgan fingerprint density at radius 3 is 1.91 bits per heavy atom. The van der Waals surface area contributed by atoms with Crippen LogP contribution in [-0.2, 0) is 11.8 Å². The van der Waals surface area contributed by atoms with Gasteiger partial charge in [-0.2, -0.15) is 0 Å². The van der Waals surface area contributed by atoms with Gasteiger partial charge in [-0.25, -0.2) is 4.67 Å². The maximum Gasteiger partial charge on any atom is 0.183 e. The largest absolute Gasteiger partial charge is 0.248 e. The van der Waals surface area contributed by atoms with Crippen molar-refractivity contribution in [1.29, 1.82) is 0 Å². The van der Waals surface area contributed by atoms with E-state index in [1.165, 1.54) is 11.1 Å². The van der Waals surface area contributed by atoms with Crippen LogP contribution in [-0.4, -0.2) is 17.3 Å². The lowest BCUT2D eigenvalue weighted by Gasteiger charge is -2.34. The van der Waals surface area contributed by atoms with Crippen LogP contribution in [0.4, 0.5) is 0 Å². The molecule has 0 aromatic heterocycles. The average molecular weight is 370 g/mol. The lowest BCUT2D eigenvalue weighted by molar-refractivity contribution is 0.393. The molecule has 0 bridgehead atoms. The molecule has 1 saturated heterocycles. The van der Waals surface area contributed by atoms with Crippen LogP contribution in [0.25, 0.3) is 0 Å². The first-order chi connectivity index (χ1) is 10.6. The van der Waals surface area contributed by atoms with Gasteiger partial charge in [0.05, 0.1) is 0 Å². The van der Waals surface area contributed by atoms with Gasteiger partial charge in [0.2, 0.25) is 0 Å². The second-order valence-electron chi connectivity index (χ2n) is 5.61. The zero-order chi connectivity index (χ0) is 15.6. The molecule has 2 aromatic carbocycles. The summed E-state index contributed by atoms with van der Waals surface area (Å²) in [6.07, 6.45) is 2.17. The van der Waals surface area contributed by atoms with E-state index in [0.717, 1.165) is 19.4 Å². The van der Waals surface area contributed by atoms with Crippen LogP contribution in [0, 0.1) is 0 Å². The molecule has 1 heterocycles. The second kappa shape index (κ2) is 7.03. The molecule has 2 aromatic rings. The zero-order valence-corrected chi connectivity index (χ0v) is 15.3. The smallest absolute Gasteiger partial charge is 0.183 e. The summed E-state index contributed by atoms with van der Waals surface area (Å²) in [6, 6.07) is 21.4. The number of hydrogen-bond acceptors (Lipinski definition) is 1. The van der Waals surface area contributed by atoms with Crippen molar-refractivity contribution in [2.75, 3.05) is 6.54 Å². The molecule has 0 saturated carbocycles. The molecular formula is C17H18Cl2NPS. The Labute approximate surface area is 146 Å². The second-order valence-corrected chi connectivity index (χ2v) is 13.2. The topological polar surface area (TPSA) is 3.24 Å². The third-order valence-electron chi connectivity index (χ3n) is 4.27. The molecule has 0 aliphatic carbocycles. The molecule has 1 aliphatic heterocycles. The first-order valence-corrected chi connectivity index (χ1v) is 12.0. The standard InChI is InChI=1S/C17H18Cl2NPS/c18-21(19,22)20-13-7-12-16(20)17(14-8-3-1-4-9-14)15-10-5-2-6-11-15/h1-6,8-11,16-17H,7,12-13H2/t16-/m0/s1. The van der Waals surface area contributed by atoms with Gasteiger partial charge in [-0.3, -0.25) is 0 Å². The van der Waals surface area contributed by atoms with Crippen LogP contribution in [0.5, 0.6) is 0 Å². The van der Waals surface area contributed by atoms with Gasteiger partial charge < -0.3 is 0 Å². The maximum atomic E-state index is 6.37. The van der Waals surface area contributed by atoms with E-state index < -0.39 is 4.89 Å². The predicted molar refractivity (Wildman–Crippen MR) is 100 cm³/mol. The minimum atomic E-state index is -2.45. The Bertz CT molecular complexity index is 619. The van der Waals surface area contributed by atoms with Gasteiger partial charge in [0.25, 0.3) is 0 Å². The first-order valence-electron chi connectivity index (χ1n) is 7.44. The summed E-state index contributed by atoms with van der Waals surface area (Å²) in [7, 11) is 0. The Morgan fingerprint density at radius 1 is 0.955 bits per heavy atom. The SMILES string of the molecule is S=P(Cl)(Cl)N1CCC[C@H]1C(c1ccccc1)c1ccccc1. The van der Waals surface area contributed by atoms with E-state index in [4.69, 9.17) is 34.3 Å². The van der Waals surface area contributed by atoms with Gasteiger partial charge in [-0.05, 0) is 35.8 Å². The van der Waals surface area contributed by atoms with E-state index in [9.17, 15) is 0 Å². The number of benzene rings is 2. The van der Waals surface area contributed by atoms with E-state index in [1.807, 2.05) is 12.1 Å². The monoisotopic (exact) mass is 369 g/mol. The predicted octanol–water partition coefficient (Wildman–Crippen LogP) is 5.99. The zero-order valence-electron chi connectivity index (χ0n) is 12.1. The average Bonchev–Trinajstić information content (AvgIpc) is 2.99. The van der Waals surface area contributed by atoms with Gasteiger partial charge in [0, 0.05) is 18.5 Å². The van der Waals surface area contributed by atoms with Crippen LogP contribution in [0.15, 0.2) is 60.7 Å². The summed E-state index contributed by atoms with van der Waals surface area (Å²) < 4.78 is 2.16. The number of hydrogen-bond donors (Lipinski definition) is 0. The molecule has 0 amide bonds. The highest BCUT2D eigenvalue weighted by atomic mass is 35.9. The maximum absolute atomic E-state index is 6.37. The lowest BCUT2D eigenvalue weighted by atomic mass is 9.84. The van der Waals surface area contributed by atoms with E-state index in [-0.39, 0.29) is 12.0 Å². The Kier molecular flexibility index (Phi) is 5.27. The summed E-state index contributed by atoms with van der Waals surface area (Å²) >= 11 is 18.1. The molecule has 116 valence electrons. The highest BCUT2D eigenvalue weighted by Crippen LogP contribution is 2.64. The fourth-order valence-electron chi connectivity index (χ4n) is 3.36. The van der Waals surface area contributed by atoms with E-state index in [1.54, 1.807) is 0 Å². The molecule has 5 heteroatoms. The first kappa shape index (κ1) is 16.5. The van der Waals surface area contributed by atoms with Gasteiger partial charge in [-0.15, -0.1) is 0 Å². The van der Waals surface area contributed by atoms with Crippen molar-refractivity contribution in [2.24, 2.45) is 0 Å². The van der Waals surface area contributed by atoms with Crippen molar-refractivity contribution in [1.82, 2.24) is 4.67 Å². The normalized spacial score (nSPS) is 19.7. The van der Waals surface area contributed by atoms with Gasteiger partial charge in [0.15, 0.2) is 4.89 Å². The molecule has 1 atom stereocenters. The van der Waals surface area contributed by atoms with Crippen molar-refractivity contribution in [3.05, 3.63) is 71.8 Å². The van der Waals surface area contributed by atoms with Crippen molar-refractivity contribution in [2.45, 2.75) is 24.8 Å². The van der Waals surface area contributed by atoms with Crippen LogP contribution in [0.1, 0.15) is 29.9 Å². The summed E-state index contributed by atoms with van der Waals surface area (Å²) in [4.78, 5) is -2.45. The van der Waals surface area contributed by atoms with E-state index >= 15 is 0 Å². The number of rotatable bonds is 4. The van der Waals surface area contributed by atoms with Crippen LogP contribution < -0.4 is 0 Å². The van der Waals surface area contributed by atoms with Crippen molar-refractivity contribution >= 4 is 39.2 Å². The van der Waals surface area contributed by atoms with Gasteiger partial charge in [0.1, 0.15) is 0 Å². The quantitative estimate of drug-likeness (QED) is 0.609. The van der Waals surface area contributed by atoms with Gasteiger partial charge in [-0.1, -0.05) is 83.1 Å². The highest BCUT2D eigenvalue weighted by Gasteiger charge is 2.39. The molecule has 0 N–H and O–H groups in total. The highest BCUT2D eigenvalue weighted by molar-refractivity contribution is 8.37. The molecular weight excluding hydrogens is 352 g/mol. The fourth-order valence-corrected chi connectivity index (χ4v) is 6.07. The van der Waals surface area contributed by atoms with E-state index in [0.29, 0.717) is 0 Å². The Hall–Kier alpha value is -0.370. The minimum Gasteiger partial charge on any atom is -0.248 e. The van der Waals surface area contributed by atoms with Crippen LogP contribution in [0.2, 0.25) is 0 Å². The molecule has 22 heavy (non-hydrogen) atoms. The van der Waals surface area contributed by atoms with Crippen LogP contribution >= 0.6 is 27.4 Å². The summed E-state index contributed by atoms with van der Waals surface area (Å²) in [6.45, 7) is 0.894. The number of halogens is 2. The molecule has 0 radical (unpaired) electrons. The fraction of sp³-hybridized carbons (Fsp3) is 0.294. The molecule has 1 fully saturated rings. The number of nitrogens with zero attached hydrogens (tertiary/aromatic N) is 1. The van der Waals surface area contributed by atoms with E-state index in [2.05, 4.69) is 53.2 Å². The third-order valence-corrected chi connectivity index (χ3v) is 7.16. The molecule has 3 rings (SSSR count). The van der Waals surface area contributed by atoms with Gasteiger partial charge >= 0.3 is 0 Å². The summed E-state index contributed by atoms with van der Waals surface area (Å²) in [5.74, 6) is 0.254. The third kappa shape index (κ3) is 3.58. The summed E-state index contributed by atoms with van der Waals surface area (Å²) in [5, 5.41) is 0. The Balaban J connectivity index is 2.05. The molecule has 0 spiro atoms. The molecule has 0 unspecified atom stereocenters.